The van der Waals surface area contributed by atoms with Gasteiger partial charge in [0.15, 0.2) is 10.2 Å². The van der Waals surface area contributed by atoms with Crippen molar-refractivity contribution in [1.82, 2.24) is 15.2 Å². The molecule has 0 unspecified atom stereocenters. The van der Waals surface area contributed by atoms with Crippen LogP contribution in [-0.4, -0.2) is 47.2 Å². The monoisotopic (exact) mass is 436 g/mol. The van der Waals surface area contributed by atoms with Gasteiger partial charge in [0, 0.05) is 37.2 Å². The number of fused-ring (bicyclic) bond motifs is 1. The largest absolute Gasteiger partial charge is 0.360 e. The molecule has 0 radical (unpaired) electrons. The highest BCUT2D eigenvalue weighted by molar-refractivity contribution is 7.80. The minimum absolute atomic E-state index is 0.557. The molecule has 0 bridgehead atoms. The molecular weight excluding hydrogens is 408 g/mol. The van der Waals surface area contributed by atoms with Gasteiger partial charge >= 0.3 is 0 Å². The average Bonchev–Trinajstić information content (AvgIpc) is 2.91. The van der Waals surface area contributed by atoms with Gasteiger partial charge < -0.3 is 15.1 Å². The van der Waals surface area contributed by atoms with Gasteiger partial charge in [0.25, 0.3) is 0 Å². The van der Waals surface area contributed by atoms with Crippen LogP contribution in [0.4, 0.5) is 5.13 Å². The third kappa shape index (κ3) is 5.08. The van der Waals surface area contributed by atoms with Gasteiger partial charge in [-0.1, -0.05) is 55.0 Å². The van der Waals surface area contributed by atoms with Crippen LogP contribution in [0.15, 0.2) is 18.2 Å². The Morgan fingerprint density at radius 1 is 1.04 bits per heavy atom. The van der Waals surface area contributed by atoms with E-state index in [4.69, 9.17) is 28.8 Å². The van der Waals surface area contributed by atoms with E-state index in [2.05, 4.69) is 15.1 Å². The van der Waals surface area contributed by atoms with Crippen LogP contribution in [0.1, 0.15) is 51.4 Å². The first-order chi connectivity index (χ1) is 13.7. The maximum Gasteiger partial charge on any atom is 0.186 e. The molecule has 1 aromatic heterocycles. The smallest absolute Gasteiger partial charge is 0.186 e. The number of hydrogen-bond donors (Lipinski definition) is 1. The molecule has 2 heterocycles. The van der Waals surface area contributed by atoms with Gasteiger partial charge in [0.1, 0.15) is 0 Å². The number of thiocarbonyl (C=S) groups is 1. The molecule has 1 saturated heterocycles. The molecule has 152 valence electrons. The predicted octanol–water partition coefficient (Wildman–Crippen LogP) is 5.45. The Labute approximate surface area is 182 Å². The van der Waals surface area contributed by atoms with Gasteiger partial charge in [-0.15, -0.1) is 0 Å². The predicted molar refractivity (Wildman–Crippen MR) is 125 cm³/mol. The quantitative estimate of drug-likeness (QED) is 0.632. The van der Waals surface area contributed by atoms with E-state index in [0.29, 0.717) is 6.04 Å². The molecule has 1 aromatic carbocycles. The van der Waals surface area contributed by atoms with Crippen molar-refractivity contribution in [2.45, 2.75) is 57.4 Å². The van der Waals surface area contributed by atoms with E-state index in [0.717, 1.165) is 58.1 Å². The van der Waals surface area contributed by atoms with Crippen LogP contribution >= 0.6 is 35.2 Å². The number of nitrogens with zero attached hydrogens (tertiary/aromatic N) is 3. The van der Waals surface area contributed by atoms with Crippen molar-refractivity contribution >= 4 is 55.6 Å². The van der Waals surface area contributed by atoms with Gasteiger partial charge in [0.05, 0.1) is 10.2 Å². The molecule has 2 aliphatic rings. The standard InChI is InChI=1S/C21H29ClN4S2/c22-16-9-10-18-19(15-16)28-21(24-18)26-12-6-11-25(13-14-26)20(27)23-17-7-4-2-1-3-5-8-17/h9-10,15,17H,1-8,11-14H2,(H,23,27). The van der Waals surface area contributed by atoms with Crippen LogP contribution < -0.4 is 10.2 Å². The zero-order valence-corrected chi connectivity index (χ0v) is 18.7. The van der Waals surface area contributed by atoms with Crippen molar-refractivity contribution in [1.29, 1.82) is 0 Å². The highest BCUT2D eigenvalue weighted by atomic mass is 35.5. The topological polar surface area (TPSA) is 31.4 Å². The van der Waals surface area contributed by atoms with Gasteiger partial charge in [-0.2, -0.15) is 0 Å². The summed E-state index contributed by atoms with van der Waals surface area (Å²) in [7, 11) is 0. The van der Waals surface area contributed by atoms with Gasteiger partial charge in [0.2, 0.25) is 0 Å². The lowest BCUT2D eigenvalue weighted by Crippen LogP contribution is -2.46. The molecule has 1 N–H and O–H groups in total. The zero-order chi connectivity index (χ0) is 19.3. The molecule has 1 aliphatic heterocycles. The van der Waals surface area contributed by atoms with E-state index in [-0.39, 0.29) is 0 Å². The summed E-state index contributed by atoms with van der Waals surface area (Å²) in [4.78, 5) is 9.58. The number of nitrogens with one attached hydrogen (secondary N) is 1. The van der Waals surface area contributed by atoms with Crippen LogP contribution in [0.3, 0.4) is 0 Å². The zero-order valence-electron chi connectivity index (χ0n) is 16.3. The van der Waals surface area contributed by atoms with Gasteiger partial charge in [-0.25, -0.2) is 4.98 Å². The van der Waals surface area contributed by atoms with E-state index < -0.39 is 0 Å². The highest BCUT2D eigenvalue weighted by Crippen LogP contribution is 2.31. The van der Waals surface area contributed by atoms with E-state index in [1.807, 2.05) is 18.2 Å². The summed E-state index contributed by atoms with van der Waals surface area (Å²) in [6, 6.07) is 6.49. The lowest BCUT2D eigenvalue weighted by molar-refractivity contribution is 0.392. The molecule has 4 rings (SSSR count). The van der Waals surface area contributed by atoms with Crippen LogP contribution in [0.5, 0.6) is 0 Å². The second kappa shape index (κ2) is 9.59. The lowest BCUT2D eigenvalue weighted by Gasteiger charge is -2.29. The molecule has 0 spiro atoms. The molecule has 4 nitrogen and oxygen atoms in total. The Morgan fingerprint density at radius 2 is 1.82 bits per heavy atom. The van der Waals surface area contributed by atoms with Gasteiger partial charge in [-0.05, 0) is 49.7 Å². The second-order valence-electron chi connectivity index (χ2n) is 7.93. The van der Waals surface area contributed by atoms with E-state index >= 15 is 0 Å². The Hall–Kier alpha value is -1.11. The minimum Gasteiger partial charge on any atom is -0.360 e. The summed E-state index contributed by atoms with van der Waals surface area (Å²) in [5.41, 5.74) is 1.03. The summed E-state index contributed by atoms with van der Waals surface area (Å²) in [5, 5.41) is 6.49. The Balaban J connectivity index is 1.35. The fraction of sp³-hybridized carbons (Fsp3) is 0.619. The molecule has 0 amide bonds. The minimum atomic E-state index is 0.557. The number of halogens is 1. The Morgan fingerprint density at radius 3 is 2.64 bits per heavy atom. The third-order valence-corrected chi connectivity index (χ3v) is 7.52. The lowest BCUT2D eigenvalue weighted by atomic mass is 9.97. The van der Waals surface area contributed by atoms with Crippen molar-refractivity contribution in [3.63, 3.8) is 0 Å². The number of benzene rings is 1. The number of aromatic nitrogens is 1. The molecule has 2 aromatic rings. The van der Waals surface area contributed by atoms with Crippen molar-refractivity contribution in [2.75, 3.05) is 31.1 Å². The SMILES string of the molecule is S=C(NC1CCCCCCC1)N1CCCN(c2nc3ccc(Cl)cc3s2)CC1. The fourth-order valence-electron chi connectivity index (χ4n) is 4.20. The second-order valence-corrected chi connectivity index (χ2v) is 9.76. The van der Waals surface area contributed by atoms with Crippen LogP contribution in [0.2, 0.25) is 5.02 Å². The first-order valence-corrected chi connectivity index (χ1v) is 12.2. The van der Waals surface area contributed by atoms with Crippen molar-refractivity contribution in [2.24, 2.45) is 0 Å². The maximum absolute atomic E-state index is 6.13. The maximum atomic E-state index is 6.13. The summed E-state index contributed by atoms with van der Waals surface area (Å²) in [6.45, 7) is 3.96. The van der Waals surface area contributed by atoms with E-state index in [1.165, 1.54) is 44.9 Å². The van der Waals surface area contributed by atoms with Crippen molar-refractivity contribution < 1.29 is 0 Å². The Bertz CT molecular complexity index is 801. The summed E-state index contributed by atoms with van der Waals surface area (Å²) < 4.78 is 1.16. The molecule has 7 heteroatoms. The molecule has 0 atom stereocenters. The van der Waals surface area contributed by atoms with Crippen LogP contribution in [0, 0.1) is 0 Å². The summed E-state index contributed by atoms with van der Waals surface area (Å²) in [6.07, 6.45) is 10.4. The number of hydrogen-bond acceptors (Lipinski definition) is 4. The molecule has 28 heavy (non-hydrogen) atoms. The van der Waals surface area contributed by atoms with E-state index in [1.54, 1.807) is 11.3 Å². The summed E-state index contributed by atoms with van der Waals surface area (Å²) >= 11 is 13.6. The van der Waals surface area contributed by atoms with Crippen molar-refractivity contribution in [3.05, 3.63) is 23.2 Å². The molecule has 2 fully saturated rings. The molecular formula is C21H29ClN4S2. The highest BCUT2D eigenvalue weighted by Gasteiger charge is 2.21. The number of thiazole rings is 1. The number of rotatable bonds is 2. The Kier molecular flexibility index (Phi) is 6.91. The normalized spacial score (nSPS) is 19.9. The first kappa shape index (κ1) is 20.2. The van der Waals surface area contributed by atoms with Gasteiger partial charge in [-0.3, -0.25) is 0 Å². The summed E-state index contributed by atoms with van der Waals surface area (Å²) in [5.74, 6) is 0. The van der Waals surface area contributed by atoms with Crippen LogP contribution in [0.25, 0.3) is 10.2 Å². The van der Waals surface area contributed by atoms with Crippen molar-refractivity contribution in [3.8, 4) is 0 Å². The van der Waals surface area contributed by atoms with E-state index in [9.17, 15) is 0 Å². The fourth-order valence-corrected chi connectivity index (χ4v) is 5.84. The van der Waals surface area contributed by atoms with Crippen LogP contribution in [-0.2, 0) is 0 Å². The third-order valence-electron chi connectivity index (χ3n) is 5.83. The molecule has 1 saturated carbocycles. The number of anilines is 1. The molecule has 1 aliphatic carbocycles. The average molecular weight is 437 g/mol. The first-order valence-electron chi connectivity index (χ1n) is 10.6.